The summed E-state index contributed by atoms with van der Waals surface area (Å²) in [5, 5.41) is 0.535. The van der Waals surface area contributed by atoms with E-state index in [1.807, 2.05) is 0 Å². The van der Waals surface area contributed by atoms with Crippen molar-refractivity contribution in [1.82, 2.24) is 4.90 Å². The largest absolute Gasteiger partial charge is 0.488 e. The minimum absolute atomic E-state index is 0.153. The first-order valence-corrected chi connectivity index (χ1v) is 8.92. The molecule has 0 unspecified atom stereocenters. The second kappa shape index (κ2) is 7.56. The Morgan fingerprint density at radius 3 is 2.64 bits per heavy atom. The van der Waals surface area contributed by atoms with Crippen molar-refractivity contribution in [2.45, 2.75) is 6.61 Å². The Kier molecular flexibility index (Phi) is 5.42. The number of thiocarbonyl (C=S) groups is 1. The van der Waals surface area contributed by atoms with Crippen molar-refractivity contribution in [2.75, 3.05) is 7.05 Å². The van der Waals surface area contributed by atoms with E-state index in [2.05, 4.69) is 0 Å². The lowest BCUT2D eigenvalue weighted by Crippen LogP contribution is -2.22. The summed E-state index contributed by atoms with van der Waals surface area (Å²) < 4.78 is 19.3. The molecule has 1 fully saturated rings. The molecule has 2 aromatic rings. The van der Waals surface area contributed by atoms with E-state index in [9.17, 15) is 9.18 Å². The highest BCUT2D eigenvalue weighted by atomic mass is 35.5. The first-order valence-electron chi connectivity index (χ1n) is 7.32. The van der Waals surface area contributed by atoms with Crippen LogP contribution in [0.5, 0.6) is 5.75 Å². The Morgan fingerprint density at radius 2 is 2.00 bits per heavy atom. The number of carbonyl (C=O) groups is 1. The molecule has 1 aliphatic heterocycles. The van der Waals surface area contributed by atoms with E-state index in [1.165, 1.54) is 28.8 Å². The summed E-state index contributed by atoms with van der Waals surface area (Å²) in [7, 11) is 1.64. The molecule has 1 saturated heterocycles. The van der Waals surface area contributed by atoms with Gasteiger partial charge in [0.25, 0.3) is 5.91 Å². The number of ether oxygens (including phenoxy) is 1. The smallest absolute Gasteiger partial charge is 0.265 e. The molecule has 3 nitrogen and oxygen atoms in total. The molecule has 1 heterocycles. The van der Waals surface area contributed by atoms with Crippen LogP contribution in [0.1, 0.15) is 11.1 Å². The van der Waals surface area contributed by atoms with Crippen molar-refractivity contribution < 1.29 is 13.9 Å². The van der Waals surface area contributed by atoms with E-state index in [0.29, 0.717) is 25.6 Å². The van der Waals surface area contributed by atoms with Crippen LogP contribution in [0.2, 0.25) is 5.02 Å². The number of benzene rings is 2. The van der Waals surface area contributed by atoms with Crippen LogP contribution in [0.3, 0.4) is 0 Å². The number of rotatable bonds is 4. The van der Waals surface area contributed by atoms with Crippen LogP contribution < -0.4 is 4.74 Å². The van der Waals surface area contributed by atoms with Gasteiger partial charge in [-0.25, -0.2) is 4.39 Å². The van der Waals surface area contributed by atoms with Gasteiger partial charge in [0.05, 0.1) is 4.91 Å². The van der Waals surface area contributed by atoms with Gasteiger partial charge in [0, 0.05) is 17.6 Å². The predicted octanol–water partition coefficient (Wildman–Crippen LogP) is 4.89. The van der Waals surface area contributed by atoms with Gasteiger partial charge >= 0.3 is 0 Å². The molecule has 3 rings (SSSR count). The van der Waals surface area contributed by atoms with Crippen molar-refractivity contribution in [2.24, 2.45) is 0 Å². The Morgan fingerprint density at radius 1 is 1.28 bits per heavy atom. The van der Waals surface area contributed by atoms with Gasteiger partial charge in [0.15, 0.2) is 0 Å². The van der Waals surface area contributed by atoms with Crippen LogP contribution in [0.25, 0.3) is 6.08 Å². The van der Waals surface area contributed by atoms with Gasteiger partial charge in [0.2, 0.25) is 0 Å². The van der Waals surface area contributed by atoms with Gasteiger partial charge < -0.3 is 4.74 Å². The van der Waals surface area contributed by atoms with Crippen LogP contribution in [0, 0.1) is 5.82 Å². The summed E-state index contributed by atoms with van der Waals surface area (Å²) in [6.07, 6.45) is 1.72. The average molecular weight is 394 g/mol. The van der Waals surface area contributed by atoms with Crippen molar-refractivity contribution in [1.29, 1.82) is 0 Å². The zero-order valence-corrected chi connectivity index (χ0v) is 15.6. The summed E-state index contributed by atoms with van der Waals surface area (Å²) in [6, 6.07) is 11.3. The number of hydrogen-bond acceptors (Lipinski definition) is 4. The molecule has 0 saturated carbocycles. The van der Waals surface area contributed by atoms with Crippen molar-refractivity contribution in [3.8, 4) is 5.75 Å². The molecule has 0 spiro atoms. The van der Waals surface area contributed by atoms with E-state index in [0.717, 1.165) is 5.56 Å². The van der Waals surface area contributed by atoms with Crippen molar-refractivity contribution in [3.63, 3.8) is 0 Å². The number of thioether (sulfide) groups is 1. The normalized spacial score (nSPS) is 16.0. The SMILES string of the molecule is CN1C(=O)C(=Cc2cc(Cl)ccc2OCc2ccc(F)cc2)SC1=S. The second-order valence-corrected chi connectivity index (χ2v) is 7.45. The fourth-order valence-corrected chi connectivity index (χ4v) is 3.54. The number of nitrogens with zero attached hydrogens (tertiary/aromatic N) is 1. The van der Waals surface area contributed by atoms with Crippen LogP contribution in [0.15, 0.2) is 47.4 Å². The van der Waals surface area contributed by atoms with E-state index in [-0.39, 0.29) is 18.3 Å². The van der Waals surface area contributed by atoms with Crippen molar-refractivity contribution in [3.05, 3.63) is 69.3 Å². The van der Waals surface area contributed by atoms with E-state index in [1.54, 1.807) is 43.5 Å². The van der Waals surface area contributed by atoms with Gasteiger partial charge in [0.1, 0.15) is 22.5 Å². The standard InChI is InChI=1S/C18H13ClFNO2S2/c1-21-17(22)16(25-18(21)24)9-12-8-13(19)4-7-15(12)23-10-11-2-5-14(20)6-3-11/h2-9H,10H2,1H3. The third kappa shape index (κ3) is 4.21. The molecule has 0 bridgehead atoms. The molecule has 0 atom stereocenters. The number of hydrogen-bond donors (Lipinski definition) is 0. The van der Waals surface area contributed by atoms with Gasteiger partial charge in [-0.2, -0.15) is 0 Å². The zero-order chi connectivity index (χ0) is 18.0. The molecular formula is C18H13ClFNO2S2. The summed E-state index contributed by atoms with van der Waals surface area (Å²) in [6.45, 7) is 0.275. The molecular weight excluding hydrogens is 381 g/mol. The summed E-state index contributed by atoms with van der Waals surface area (Å²) in [4.78, 5) is 14.1. The predicted molar refractivity (Wildman–Crippen MR) is 103 cm³/mol. The Bertz CT molecular complexity index is 868. The van der Waals surface area contributed by atoms with Crippen LogP contribution in [-0.2, 0) is 11.4 Å². The topological polar surface area (TPSA) is 29.5 Å². The van der Waals surface area contributed by atoms with Crippen molar-refractivity contribution >= 4 is 51.9 Å². The van der Waals surface area contributed by atoms with Crippen LogP contribution in [-0.4, -0.2) is 22.2 Å². The lowest BCUT2D eigenvalue weighted by atomic mass is 10.1. The minimum Gasteiger partial charge on any atom is -0.488 e. The molecule has 7 heteroatoms. The molecule has 25 heavy (non-hydrogen) atoms. The molecule has 128 valence electrons. The van der Waals surface area contributed by atoms with Gasteiger partial charge in [-0.05, 0) is 42.0 Å². The number of likely N-dealkylation sites (N-methyl/N-ethyl adjacent to an activating group) is 1. The quantitative estimate of drug-likeness (QED) is 0.546. The van der Waals surface area contributed by atoms with Gasteiger partial charge in [-0.1, -0.05) is 47.7 Å². The number of amides is 1. The maximum absolute atomic E-state index is 13.0. The highest BCUT2D eigenvalue weighted by Crippen LogP contribution is 2.34. The first kappa shape index (κ1) is 17.9. The molecule has 0 aromatic heterocycles. The molecule has 1 aliphatic rings. The van der Waals surface area contributed by atoms with E-state index < -0.39 is 0 Å². The van der Waals surface area contributed by atoms with Crippen LogP contribution in [0.4, 0.5) is 4.39 Å². The zero-order valence-electron chi connectivity index (χ0n) is 13.2. The fraction of sp³-hybridized carbons (Fsp3) is 0.111. The number of carbonyl (C=O) groups excluding carboxylic acids is 1. The minimum atomic E-state index is -0.294. The molecule has 0 N–H and O–H groups in total. The lowest BCUT2D eigenvalue weighted by molar-refractivity contribution is -0.121. The van der Waals surface area contributed by atoms with Gasteiger partial charge in [-0.3, -0.25) is 9.69 Å². The first-order chi connectivity index (χ1) is 11.9. The number of halogens is 2. The monoisotopic (exact) mass is 393 g/mol. The highest BCUT2D eigenvalue weighted by Gasteiger charge is 2.28. The molecule has 0 radical (unpaired) electrons. The maximum atomic E-state index is 13.0. The fourth-order valence-electron chi connectivity index (χ4n) is 2.19. The lowest BCUT2D eigenvalue weighted by Gasteiger charge is -2.10. The highest BCUT2D eigenvalue weighted by molar-refractivity contribution is 8.26. The van der Waals surface area contributed by atoms with E-state index >= 15 is 0 Å². The molecule has 1 amide bonds. The Labute approximate surface area is 159 Å². The summed E-state index contributed by atoms with van der Waals surface area (Å²) >= 11 is 12.4. The summed E-state index contributed by atoms with van der Waals surface area (Å²) in [5.41, 5.74) is 1.52. The Hall–Kier alpha value is -1.89. The second-order valence-electron chi connectivity index (χ2n) is 5.34. The third-order valence-corrected chi connectivity index (χ3v) is 5.27. The third-order valence-electron chi connectivity index (χ3n) is 3.55. The van der Waals surface area contributed by atoms with Gasteiger partial charge in [-0.15, -0.1) is 0 Å². The molecule has 2 aromatic carbocycles. The van der Waals surface area contributed by atoms with E-state index in [4.69, 9.17) is 28.6 Å². The Balaban J connectivity index is 1.84. The maximum Gasteiger partial charge on any atom is 0.265 e. The molecule has 0 aliphatic carbocycles. The van der Waals surface area contributed by atoms with Crippen LogP contribution >= 0.6 is 35.6 Å². The average Bonchev–Trinajstić information content (AvgIpc) is 2.83. The summed E-state index contributed by atoms with van der Waals surface area (Å²) in [5.74, 6) is 0.132.